The summed E-state index contributed by atoms with van der Waals surface area (Å²) in [7, 11) is 0. The lowest BCUT2D eigenvalue weighted by molar-refractivity contribution is -0.282. The van der Waals surface area contributed by atoms with E-state index in [1.54, 1.807) is 26.0 Å². The molecule has 12 nitrogen and oxygen atoms in total. The van der Waals surface area contributed by atoms with Gasteiger partial charge in [0.1, 0.15) is 11.3 Å². The summed E-state index contributed by atoms with van der Waals surface area (Å²) in [6.45, 7) is 6.56. The van der Waals surface area contributed by atoms with E-state index in [2.05, 4.69) is 0 Å². The third kappa shape index (κ3) is 6.19. The SMILES string of the molecule is CCOC(=O)C1OC(Oc2ccc3c(C)cc(=O)oc3c2)C(OC(C)=O)C(OC(C)=O)C1OC(C)=O. The smallest absolute Gasteiger partial charge is 0.339 e. The first-order valence-electron chi connectivity index (χ1n) is 11.0. The molecule has 3 rings (SSSR count). The van der Waals surface area contributed by atoms with Crippen molar-refractivity contribution in [2.24, 2.45) is 0 Å². The number of carbonyl (C=O) groups is 4. The number of hydrogen-bond donors (Lipinski definition) is 0. The van der Waals surface area contributed by atoms with Crippen LogP contribution in [-0.4, -0.2) is 61.2 Å². The molecular weight excluding hydrogens is 480 g/mol. The number of esters is 4. The second kappa shape index (κ2) is 11.2. The molecule has 0 radical (unpaired) electrons. The first kappa shape index (κ1) is 26.7. The lowest BCUT2D eigenvalue weighted by atomic mass is 9.97. The van der Waals surface area contributed by atoms with Gasteiger partial charge in [-0.1, -0.05) is 0 Å². The van der Waals surface area contributed by atoms with E-state index in [0.717, 1.165) is 20.8 Å². The van der Waals surface area contributed by atoms with Crippen LogP contribution in [0.15, 0.2) is 33.5 Å². The van der Waals surface area contributed by atoms with Crippen LogP contribution in [0.1, 0.15) is 33.3 Å². The molecule has 5 unspecified atom stereocenters. The largest absolute Gasteiger partial charge is 0.464 e. The van der Waals surface area contributed by atoms with Gasteiger partial charge in [-0.3, -0.25) is 14.4 Å². The van der Waals surface area contributed by atoms with E-state index < -0.39 is 60.2 Å². The second-order valence-corrected chi connectivity index (χ2v) is 7.92. The molecule has 0 spiro atoms. The third-order valence-electron chi connectivity index (χ3n) is 5.10. The highest BCUT2D eigenvalue weighted by molar-refractivity contribution is 5.81. The molecule has 0 saturated carbocycles. The number of benzene rings is 1. The number of aryl methyl sites for hydroxylation is 1. The van der Waals surface area contributed by atoms with Crippen LogP contribution in [0.5, 0.6) is 5.75 Å². The van der Waals surface area contributed by atoms with Crippen LogP contribution in [-0.2, 0) is 42.9 Å². The van der Waals surface area contributed by atoms with E-state index >= 15 is 0 Å². The number of ether oxygens (including phenoxy) is 6. The highest BCUT2D eigenvalue weighted by atomic mass is 16.7. The van der Waals surface area contributed by atoms with Gasteiger partial charge in [-0.25, -0.2) is 9.59 Å². The quantitative estimate of drug-likeness (QED) is 0.304. The van der Waals surface area contributed by atoms with Crippen molar-refractivity contribution in [1.82, 2.24) is 0 Å². The predicted molar refractivity (Wildman–Crippen MR) is 120 cm³/mol. The molecule has 0 bridgehead atoms. The lowest BCUT2D eigenvalue weighted by Gasteiger charge is -2.43. The third-order valence-corrected chi connectivity index (χ3v) is 5.10. The molecule has 1 aliphatic rings. The molecule has 2 aromatic rings. The van der Waals surface area contributed by atoms with Crippen LogP contribution in [0.25, 0.3) is 11.0 Å². The van der Waals surface area contributed by atoms with Crippen LogP contribution in [0, 0.1) is 6.92 Å². The molecule has 1 aromatic heterocycles. The van der Waals surface area contributed by atoms with E-state index in [1.807, 2.05) is 0 Å². The summed E-state index contributed by atoms with van der Waals surface area (Å²) in [5.74, 6) is -3.20. The van der Waals surface area contributed by atoms with Gasteiger partial charge in [0.2, 0.25) is 12.4 Å². The summed E-state index contributed by atoms with van der Waals surface area (Å²) < 4.78 is 37.8. The topological polar surface area (TPSA) is 154 Å². The minimum absolute atomic E-state index is 0.0221. The first-order valence-corrected chi connectivity index (χ1v) is 11.0. The Morgan fingerprint density at radius 3 is 2.11 bits per heavy atom. The van der Waals surface area contributed by atoms with Gasteiger partial charge in [0.25, 0.3) is 0 Å². The molecule has 0 aliphatic carbocycles. The summed E-state index contributed by atoms with van der Waals surface area (Å²) in [4.78, 5) is 60.1. The lowest BCUT2D eigenvalue weighted by Crippen LogP contribution is -2.64. The van der Waals surface area contributed by atoms with Gasteiger partial charge in [0.15, 0.2) is 18.3 Å². The van der Waals surface area contributed by atoms with Crippen molar-refractivity contribution in [2.45, 2.75) is 65.3 Å². The molecule has 1 aliphatic heterocycles. The molecule has 1 fully saturated rings. The molecule has 12 heteroatoms. The highest BCUT2D eigenvalue weighted by Crippen LogP contribution is 2.32. The maximum Gasteiger partial charge on any atom is 0.339 e. The molecule has 0 N–H and O–H groups in total. The first-order chi connectivity index (χ1) is 17.0. The molecule has 0 amide bonds. The van der Waals surface area contributed by atoms with Crippen molar-refractivity contribution in [3.63, 3.8) is 0 Å². The predicted octanol–water partition coefficient (Wildman–Crippen LogP) is 1.56. The van der Waals surface area contributed by atoms with Crippen molar-refractivity contribution >= 4 is 34.8 Å². The fourth-order valence-electron chi connectivity index (χ4n) is 3.80. The molecular formula is C24H26O12. The van der Waals surface area contributed by atoms with Gasteiger partial charge in [-0.05, 0) is 31.5 Å². The Morgan fingerprint density at radius 2 is 1.50 bits per heavy atom. The van der Waals surface area contributed by atoms with E-state index in [1.165, 1.54) is 12.1 Å². The number of hydrogen-bond acceptors (Lipinski definition) is 12. The Kier molecular flexibility index (Phi) is 8.30. The zero-order valence-corrected chi connectivity index (χ0v) is 20.3. The molecule has 2 heterocycles. The summed E-state index contributed by atoms with van der Waals surface area (Å²) in [5, 5.41) is 0.653. The van der Waals surface area contributed by atoms with Crippen molar-refractivity contribution in [3.05, 3.63) is 40.2 Å². The molecule has 1 aromatic carbocycles. The number of carbonyl (C=O) groups excluding carboxylic acids is 4. The van der Waals surface area contributed by atoms with Gasteiger partial charge >= 0.3 is 29.5 Å². The van der Waals surface area contributed by atoms with Crippen molar-refractivity contribution in [1.29, 1.82) is 0 Å². The Balaban J connectivity index is 2.06. The van der Waals surface area contributed by atoms with E-state index in [0.29, 0.717) is 10.9 Å². The summed E-state index contributed by atoms with van der Waals surface area (Å²) in [5.41, 5.74) is 0.333. The Labute approximate surface area is 205 Å². The number of fused-ring (bicyclic) bond motifs is 1. The Hall–Kier alpha value is -3.93. The molecule has 194 valence electrons. The Bertz CT molecular complexity index is 1220. The van der Waals surface area contributed by atoms with Crippen LogP contribution >= 0.6 is 0 Å². The zero-order valence-electron chi connectivity index (χ0n) is 20.3. The minimum Gasteiger partial charge on any atom is -0.464 e. The minimum atomic E-state index is -1.59. The zero-order chi connectivity index (χ0) is 26.6. The van der Waals surface area contributed by atoms with Gasteiger partial charge in [-0.2, -0.15) is 0 Å². The summed E-state index contributed by atoms with van der Waals surface area (Å²) in [6.07, 6.45) is -7.55. The van der Waals surface area contributed by atoms with Crippen molar-refractivity contribution in [3.8, 4) is 5.75 Å². The van der Waals surface area contributed by atoms with Crippen molar-refractivity contribution in [2.75, 3.05) is 6.61 Å². The second-order valence-electron chi connectivity index (χ2n) is 7.92. The van der Waals surface area contributed by atoms with Crippen molar-refractivity contribution < 1.29 is 52.0 Å². The van der Waals surface area contributed by atoms with E-state index in [-0.39, 0.29) is 17.9 Å². The highest BCUT2D eigenvalue weighted by Gasteiger charge is 2.55. The Morgan fingerprint density at radius 1 is 0.889 bits per heavy atom. The van der Waals surface area contributed by atoms with Gasteiger partial charge < -0.3 is 32.8 Å². The fourth-order valence-corrected chi connectivity index (χ4v) is 3.80. The average molecular weight is 506 g/mol. The normalized spacial score (nSPS) is 23.4. The standard InChI is InChI=1S/C24H26O12/c1-6-30-23(29)21-19(31-12(3)25)20(32-13(4)26)22(33-14(5)27)24(36-21)34-15-7-8-16-11(2)9-18(28)35-17(16)10-15/h7-10,19-22,24H,6H2,1-5H3. The van der Waals surface area contributed by atoms with Gasteiger partial charge in [-0.15, -0.1) is 0 Å². The van der Waals surface area contributed by atoms with E-state index in [9.17, 15) is 24.0 Å². The average Bonchev–Trinajstić information content (AvgIpc) is 2.76. The fraction of sp³-hybridized carbons (Fsp3) is 0.458. The van der Waals surface area contributed by atoms with Crippen LogP contribution in [0.2, 0.25) is 0 Å². The van der Waals surface area contributed by atoms with Crippen LogP contribution in [0.3, 0.4) is 0 Å². The maximum atomic E-state index is 12.7. The maximum absolute atomic E-state index is 12.7. The summed E-state index contributed by atoms with van der Waals surface area (Å²) in [6, 6.07) is 5.94. The molecule has 5 atom stereocenters. The summed E-state index contributed by atoms with van der Waals surface area (Å²) >= 11 is 0. The van der Waals surface area contributed by atoms with Gasteiger partial charge in [0.05, 0.1) is 6.61 Å². The molecule has 1 saturated heterocycles. The van der Waals surface area contributed by atoms with Gasteiger partial charge in [0, 0.05) is 38.3 Å². The van der Waals surface area contributed by atoms with E-state index in [4.69, 9.17) is 32.8 Å². The number of rotatable bonds is 7. The van der Waals surface area contributed by atoms with Crippen LogP contribution < -0.4 is 10.4 Å². The van der Waals surface area contributed by atoms with Crippen LogP contribution in [0.4, 0.5) is 0 Å². The molecule has 36 heavy (non-hydrogen) atoms. The monoisotopic (exact) mass is 506 g/mol.